The molecule has 2 aliphatic rings. The SMILES string of the molecule is Nc1nc(N[C@@H]2C[C@H]3CC[C@@H]2C3)c2nc[nH]c2n1. The van der Waals surface area contributed by atoms with E-state index < -0.39 is 0 Å². The maximum absolute atomic E-state index is 5.72. The molecule has 0 radical (unpaired) electrons. The molecule has 2 aromatic heterocycles. The first-order valence-corrected chi connectivity index (χ1v) is 6.53. The van der Waals surface area contributed by atoms with E-state index in [4.69, 9.17) is 5.73 Å². The van der Waals surface area contributed by atoms with Gasteiger partial charge in [-0.05, 0) is 31.1 Å². The fourth-order valence-corrected chi connectivity index (χ4v) is 3.55. The molecule has 2 bridgehead atoms. The third-order valence-electron chi connectivity index (χ3n) is 4.36. The van der Waals surface area contributed by atoms with Gasteiger partial charge in [-0.3, -0.25) is 0 Å². The Labute approximate surface area is 104 Å². The molecule has 0 saturated heterocycles. The highest BCUT2D eigenvalue weighted by molar-refractivity contribution is 5.83. The Morgan fingerprint density at radius 3 is 3.00 bits per heavy atom. The first-order valence-electron chi connectivity index (χ1n) is 6.53. The summed E-state index contributed by atoms with van der Waals surface area (Å²) in [5, 5.41) is 3.53. The zero-order chi connectivity index (χ0) is 12.1. The van der Waals surface area contributed by atoms with Crippen LogP contribution in [-0.4, -0.2) is 26.0 Å². The molecule has 0 aromatic carbocycles. The molecule has 0 spiro atoms. The summed E-state index contributed by atoms with van der Waals surface area (Å²) >= 11 is 0. The predicted octanol–water partition coefficient (Wildman–Crippen LogP) is 1.54. The van der Waals surface area contributed by atoms with E-state index in [2.05, 4.69) is 25.3 Å². The number of imidazole rings is 1. The minimum Gasteiger partial charge on any atom is -0.368 e. The summed E-state index contributed by atoms with van der Waals surface area (Å²) in [6, 6.07) is 0.526. The monoisotopic (exact) mass is 244 g/mol. The van der Waals surface area contributed by atoms with Crippen molar-refractivity contribution in [1.82, 2.24) is 19.9 Å². The van der Waals surface area contributed by atoms with Crippen LogP contribution in [-0.2, 0) is 0 Å². The van der Waals surface area contributed by atoms with Gasteiger partial charge in [0, 0.05) is 6.04 Å². The van der Waals surface area contributed by atoms with E-state index in [9.17, 15) is 0 Å². The molecule has 3 atom stereocenters. The Balaban J connectivity index is 1.68. The van der Waals surface area contributed by atoms with E-state index in [1.165, 1.54) is 25.7 Å². The lowest BCUT2D eigenvalue weighted by atomic mass is 9.95. The van der Waals surface area contributed by atoms with Crippen molar-refractivity contribution in [3.8, 4) is 0 Å². The quantitative estimate of drug-likeness (QED) is 0.745. The summed E-state index contributed by atoms with van der Waals surface area (Å²) in [7, 11) is 0. The third-order valence-corrected chi connectivity index (χ3v) is 4.36. The zero-order valence-corrected chi connectivity index (χ0v) is 10.1. The van der Waals surface area contributed by atoms with E-state index in [1.807, 2.05) is 0 Å². The van der Waals surface area contributed by atoms with E-state index in [0.717, 1.165) is 23.2 Å². The number of rotatable bonds is 2. The number of hydrogen-bond donors (Lipinski definition) is 3. The molecule has 6 nitrogen and oxygen atoms in total. The van der Waals surface area contributed by atoms with Crippen molar-refractivity contribution in [3.63, 3.8) is 0 Å². The minimum atomic E-state index is 0.289. The number of aromatic nitrogens is 4. The number of nitrogens with two attached hydrogens (primary N) is 1. The first kappa shape index (κ1) is 10.1. The van der Waals surface area contributed by atoms with Crippen LogP contribution >= 0.6 is 0 Å². The molecule has 18 heavy (non-hydrogen) atoms. The maximum atomic E-state index is 5.72. The number of anilines is 2. The molecular formula is C12H16N6. The summed E-state index contributed by atoms with van der Waals surface area (Å²) in [4.78, 5) is 15.7. The van der Waals surface area contributed by atoms with Gasteiger partial charge in [-0.2, -0.15) is 9.97 Å². The normalized spacial score (nSPS) is 30.1. The lowest BCUT2D eigenvalue weighted by molar-refractivity contribution is 0.439. The third kappa shape index (κ3) is 1.45. The minimum absolute atomic E-state index is 0.289. The Morgan fingerprint density at radius 2 is 2.22 bits per heavy atom. The van der Waals surface area contributed by atoms with E-state index in [-0.39, 0.29) is 5.95 Å². The Bertz CT molecular complexity index is 591. The molecule has 2 aromatic rings. The fourth-order valence-electron chi connectivity index (χ4n) is 3.55. The molecule has 2 heterocycles. The second-order valence-corrected chi connectivity index (χ2v) is 5.46. The van der Waals surface area contributed by atoms with Gasteiger partial charge in [0.25, 0.3) is 0 Å². The molecule has 4 N–H and O–H groups in total. The van der Waals surface area contributed by atoms with Crippen molar-refractivity contribution in [3.05, 3.63) is 6.33 Å². The zero-order valence-electron chi connectivity index (χ0n) is 10.1. The Kier molecular flexibility index (Phi) is 2.00. The molecular weight excluding hydrogens is 228 g/mol. The maximum Gasteiger partial charge on any atom is 0.224 e. The van der Waals surface area contributed by atoms with Crippen molar-refractivity contribution < 1.29 is 0 Å². The van der Waals surface area contributed by atoms with Crippen LogP contribution in [0, 0.1) is 11.8 Å². The second-order valence-electron chi connectivity index (χ2n) is 5.46. The largest absolute Gasteiger partial charge is 0.368 e. The van der Waals surface area contributed by atoms with Crippen LogP contribution in [0.5, 0.6) is 0 Å². The van der Waals surface area contributed by atoms with E-state index >= 15 is 0 Å². The van der Waals surface area contributed by atoms with E-state index in [0.29, 0.717) is 11.7 Å². The molecule has 0 unspecified atom stereocenters. The molecule has 2 fully saturated rings. The smallest absolute Gasteiger partial charge is 0.224 e. The van der Waals surface area contributed by atoms with Gasteiger partial charge in [0.2, 0.25) is 5.95 Å². The van der Waals surface area contributed by atoms with Crippen molar-refractivity contribution in [2.75, 3.05) is 11.1 Å². The van der Waals surface area contributed by atoms with Crippen LogP contribution in [0.4, 0.5) is 11.8 Å². The number of nitrogens with zero attached hydrogens (tertiary/aromatic N) is 3. The molecule has 0 amide bonds. The Hall–Kier alpha value is -1.85. The highest BCUT2D eigenvalue weighted by atomic mass is 15.1. The lowest BCUT2D eigenvalue weighted by Crippen LogP contribution is -2.26. The molecule has 6 heteroatoms. The highest BCUT2D eigenvalue weighted by Crippen LogP contribution is 2.45. The predicted molar refractivity (Wildman–Crippen MR) is 69.0 cm³/mol. The number of fused-ring (bicyclic) bond motifs is 3. The van der Waals surface area contributed by atoms with Gasteiger partial charge in [-0.15, -0.1) is 0 Å². The van der Waals surface area contributed by atoms with Gasteiger partial charge in [0.1, 0.15) is 5.52 Å². The topological polar surface area (TPSA) is 92.5 Å². The Morgan fingerprint density at radius 1 is 1.28 bits per heavy atom. The fraction of sp³-hybridized carbons (Fsp3) is 0.583. The molecule has 2 aliphatic carbocycles. The number of nitrogen functional groups attached to an aromatic ring is 1. The number of aromatic amines is 1. The van der Waals surface area contributed by atoms with Gasteiger partial charge in [-0.1, -0.05) is 6.42 Å². The lowest BCUT2D eigenvalue weighted by Gasteiger charge is -2.23. The van der Waals surface area contributed by atoms with Gasteiger partial charge in [0.05, 0.1) is 6.33 Å². The van der Waals surface area contributed by atoms with Crippen LogP contribution in [0.15, 0.2) is 6.33 Å². The summed E-state index contributed by atoms with van der Waals surface area (Å²) in [6.07, 6.45) is 6.98. The van der Waals surface area contributed by atoms with Gasteiger partial charge in [0.15, 0.2) is 11.5 Å². The van der Waals surface area contributed by atoms with E-state index in [1.54, 1.807) is 6.33 Å². The number of nitrogens with one attached hydrogen (secondary N) is 2. The van der Waals surface area contributed by atoms with Crippen molar-refractivity contribution in [1.29, 1.82) is 0 Å². The van der Waals surface area contributed by atoms with Crippen LogP contribution in [0.25, 0.3) is 11.2 Å². The summed E-state index contributed by atoms with van der Waals surface area (Å²) in [6.45, 7) is 0. The number of H-pyrrole nitrogens is 1. The summed E-state index contributed by atoms with van der Waals surface area (Å²) < 4.78 is 0. The van der Waals surface area contributed by atoms with Gasteiger partial charge >= 0.3 is 0 Å². The van der Waals surface area contributed by atoms with Crippen molar-refractivity contribution >= 4 is 22.9 Å². The summed E-state index contributed by atoms with van der Waals surface area (Å²) in [5.41, 5.74) is 7.21. The first-order chi connectivity index (χ1) is 8.79. The molecule has 0 aliphatic heterocycles. The van der Waals surface area contributed by atoms with Crippen LogP contribution in [0.3, 0.4) is 0 Å². The second kappa shape index (κ2) is 3.57. The van der Waals surface area contributed by atoms with Crippen LogP contribution < -0.4 is 11.1 Å². The van der Waals surface area contributed by atoms with Gasteiger partial charge < -0.3 is 16.0 Å². The van der Waals surface area contributed by atoms with Crippen molar-refractivity contribution in [2.24, 2.45) is 11.8 Å². The standard InChI is InChI=1S/C12H16N6/c13-12-17-10-9(14-5-15-10)11(18-12)16-8-4-6-1-2-7(8)3-6/h5-8H,1-4H2,(H4,13,14,15,16,17,18)/t6-,7+,8+/m0/s1. The summed E-state index contributed by atoms with van der Waals surface area (Å²) in [5.74, 6) is 2.76. The average molecular weight is 244 g/mol. The molecule has 94 valence electrons. The molecule has 2 saturated carbocycles. The average Bonchev–Trinajstić information content (AvgIpc) is 3.02. The van der Waals surface area contributed by atoms with Crippen LogP contribution in [0.1, 0.15) is 25.7 Å². The van der Waals surface area contributed by atoms with Crippen molar-refractivity contribution in [2.45, 2.75) is 31.7 Å². The van der Waals surface area contributed by atoms with Gasteiger partial charge in [-0.25, -0.2) is 4.98 Å². The number of hydrogen-bond acceptors (Lipinski definition) is 5. The highest BCUT2D eigenvalue weighted by Gasteiger charge is 2.39. The van der Waals surface area contributed by atoms with Crippen LogP contribution in [0.2, 0.25) is 0 Å². The molecule has 4 rings (SSSR count).